The van der Waals surface area contributed by atoms with Gasteiger partial charge in [0.05, 0.1) is 0 Å². The lowest BCUT2D eigenvalue weighted by molar-refractivity contribution is 0.124. The minimum absolute atomic E-state index is 0.114. The standard InChI is InChI=1S/C18H30N2/c1-4-17-8-6-5-7-13-20(17)15(3)18(19)16-11-9-14(2)10-12-16/h9-12,15,17-18H,4-8,13,19H2,1-3H3. The molecule has 1 heterocycles. The number of hydrogen-bond acceptors (Lipinski definition) is 2. The highest BCUT2D eigenvalue weighted by atomic mass is 15.2. The van der Waals surface area contributed by atoms with Gasteiger partial charge in [0, 0.05) is 18.1 Å². The van der Waals surface area contributed by atoms with E-state index in [2.05, 4.69) is 49.9 Å². The van der Waals surface area contributed by atoms with Crippen LogP contribution in [0.15, 0.2) is 24.3 Å². The lowest BCUT2D eigenvalue weighted by Gasteiger charge is -2.38. The van der Waals surface area contributed by atoms with Crippen LogP contribution in [-0.2, 0) is 0 Å². The molecule has 0 bridgehead atoms. The van der Waals surface area contributed by atoms with Crippen molar-refractivity contribution in [3.05, 3.63) is 35.4 Å². The minimum atomic E-state index is 0.114. The van der Waals surface area contributed by atoms with Gasteiger partial charge in [-0.2, -0.15) is 0 Å². The number of hydrogen-bond donors (Lipinski definition) is 1. The zero-order chi connectivity index (χ0) is 14.5. The summed E-state index contributed by atoms with van der Waals surface area (Å²) in [6, 6.07) is 9.96. The molecule has 1 aliphatic heterocycles. The molecule has 0 aromatic heterocycles. The highest BCUT2D eigenvalue weighted by Gasteiger charge is 2.28. The minimum Gasteiger partial charge on any atom is -0.323 e. The molecule has 0 saturated carbocycles. The molecule has 2 rings (SSSR count). The average molecular weight is 274 g/mol. The number of nitrogens with two attached hydrogens (primary N) is 1. The molecule has 0 spiro atoms. The second-order valence-electron chi connectivity index (χ2n) is 6.33. The molecule has 1 fully saturated rings. The highest BCUT2D eigenvalue weighted by Crippen LogP contribution is 2.26. The molecule has 1 saturated heterocycles. The van der Waals surface area contributed by atoms with E-state index in [9.17, 15) is 0 Å². The molecule has 3 atom stereocenters. The Labute approximate surface area is 124 Å². The van der Waals surface area contributed by atoms with Crippen molar-refractivity contribution in [3.8, 4) is 0 Å². The van der Waals surface area contributed by atoms with Crippen LogP contribution < -0.4 is 5.73 Å². The molecule has 0 amide bonds. The molecule has 20 heavy (non-hydrogen) atoms. The Morgan fingerprint density at radius 3 is 2.55 bits per heavy atom. The fourth-order valence-corrected chi connectivity index (χ4v) is 3.45. The number of likely N-dealkylation sites (tertiary alicyclic amines) is 1. The smallest absolute Gasteiger partial charge is 0.0450 e. The van der Waals surface area contributed by atoms with Gasteiger partial charge in [-0.1, -0.05) is 49.6 Å². The van der Waals surface area contributed by atoms with Gasteiger partial charge in [0.2, 0.25) is 0 Å². The van der Waals surface area contributed by atoms with E-state index in [1.807, 2.05) is 0 Å². The van der Waals surface area contributed by atoms with Crippen molar-refractivity contribution in [2.24, 2.45) is 5.73 Å². The summed E-state index contributed by atoms with van der Waals surface area (Å²) in [5.41, 5.74) is 9.11. The fraction of sp³-hybridized carbons (Fsp3) is 0.667. The fourth-order valence-electron chi connectivity index (χ4n) is 3.45. The Morgan fingerprint density at radius 2 is 1.90 bits per heavy atom. The van der Waals surface area contributed by atoms with Gasteiger partial charge in [-0.05, 0) is 45.2 Å². The van der Waals surface area contributed by atoms with Gasteiger partial charge in [0.15, 0.2) is 0 Å². The van der Waals surface area contributed by atoms with Gasteiger partial charge in [-0.15, -0.1) is 0 Å². The number of rotatable bonds is 4. The Bertz CT molecular complexity index is 398. The third-order valence-corrected chi connectivity index (χ3v) is 4.90. The largest absolute Gasteiger partial charge is 0.323 e. The van der Waals surface area contributed by atoms with Crippen molar-refractivity contribution >= 4 is 0 Å². The second kappa shape index (κ2) is 7.24. The van der Waals surface area contributed by atoms with Crippen LogP contribution >= 0.6 is 0 Å². The van der Waals surface area contributed by atoms with Crippen LogP contribution in [-0.4, -0.2) is 23.5 Å². The Balaban J connectivity index is 2.11. The van der Waals surface area contributed by atoms with Crippen molar-refractivity contribution in [1.82, 2.24) is 4.90 Å². The molecule has 2 N–H and O–H groups in total. The van der Waals surface area contributed by atoms with E-state index < -0.39 is 0 Å². The first-order valence-electron chi connectivity index (χ1n) is 8.21. The first-order valence-corrected chi connectivity index (χ1v) is 8.21. The van der Waals surface area contributed by atoms with E-state index in [0.29, 0.717) is 12.1 Å². The zero-order valence-corrected chi connectivity index (χ0v) is 13.3. The zero-order valence-electron chi connectivity index (χ0n) is 13.3. The van der Waals surface area contributed by atoms with Gasteiger partial charge in [-0.25, -0.2) is 0 Å². The molecule has 0 radical (unpaired) electrons. The van der Waals surface area contributed by atoms with E-state index in [4.69, 9.17) is 5.73 Å². The Hall–Kier alpha value is -0.860. The molecule has 0 aliphatic carbocycles. The van der Waals surface area contributed by atoms with Gasteiger partial charge in [-0.3, -0.25) is 4.90 Å². The van der Waals surface area contributed by atoms with Crippen LogP contribution in [0, 0.1) is 6.92 Å². The van der Waals surface area contributed by atoms with E-state index in [1.165, 1.54) is 49.8 Å². The van der Waals surface area contributed by atoms with E-state index in [-0.39, 0.29) is 6.04 Å². The molecule has 1 aromatic rings. The van der Waals surface area contributed by atoms with Crippen LogP contribution in [0.25, 0.3) is 0 Å². The second-order valence-corrected chi connectivity index (χ2v) is 6.33. The maximum atomic E-state index is 6.55. The van der Waals surface area contributed by atoms with E-state index in [1.54, 1.807) is 0 Å². The lowest BCUT2D eigenvalue weighted by Crippen LogP contribution is -2.46. The van der Waals surface area contributed by atoms with E-state index in [0.717, 1.165) is 0 Å². The molecular weight excluding hydrogens is 244 g/mol. The summed E-state index contributed by atoms with van der Waals surface area (Å²) >= 11 is 0. The quantitative estimate of drug-likeness (QED) is 0.898. The van der Waals surface area contributed by atoms with Gasteiger partial charge < -0.3 is 5.73 Å². The maximum Gasteiger partial charge on any atom is 0.0450 e. The number of aryl methyl sites for hydroxylation is 1. The molecule has 3 unspecified atom stereocenters. The van der Waals surface area contributed by atoms with E-state index >= 15 is 0 Å². The summed E-state index contributed by atoms with van der Waals surface area (Å²) in [7, 11) is 0. The van der Waals surface area contributed by atoms with Crippen molar-refractivity contribution in [1.29, 1.82) is 0 Å². The summed E-state index contributed by atoms with van der Waals surface area (Å²) < 4.78 is 0. The lowest BCUT2D eigenvalue weighted by atomic mass is 9.97. The van der Waals surface area contributed by atoms with Crippen LogP contribution in [0.3, 0.4) is 0 Å². The van der Waals surface area contributed by atoms with Gasteiger partial charge >= 0.3 is 0 Å². The molecule has 112 valence electrons. The molecule has 1 aromatic carbocycles. The van der Waals surface area contributed by atoms with Gasteiger partial charge in [0.25, 0.3) is 0 Å². The third kappa shape index (κ3) is 3.62. The summed E-state index contributed by atoms with van der Waals surface area (Å²) in [6.07, 6.45) is 6.65. The SMILES string of the molecule is CCC1CCCCCN1C(C)C(N)c1ccc(C)cc1. The average Bonchev–Trinajstić information content (AvgIpc) is 2.71. The molecular formula is C18H30N2. The van der Waals surface area contributed by atoms with Crippen molar-refractivity contribution < 1.29 is 0 Å². The maximum absolute atomic E-state index is 6.55. The summed E-state index contributed by atoms with van der Waals surface area (Å²) in [4.78, 5) is 2.66. The predicted octanol–water partition coefficient (Wildman–Crippen LogP) is 4.04. The Kier molecular flexibility index (Phi) is 5.62. The first kappa shape index (κ1) is 15.5. The summed E-state index contributed by atoms with van der Waals surface area (Å²) in [6.45, 7) is 7.95. The topological polar surface area (TPSA) is 29.3 Å². The predicted molar refractivity (Wildman–Crippen MR) is 86.8 cm³/mol. The Morgan fingerprint density at radius 1 is 1.20 bits per heavy atom. The van der Waals surface area contributed by atoms with Crippen LogP contribution in [0.1, 0.15) is 63.1 Å². The monoisotopic (exact) mass is 274 g/mol. The van der Waals surface area contributed by atoms with Gasteiger partial charge in [0.1, 0.15) is 0 Å². The number of nitrogens with zero attached hydrogens (tertiary/aromatic N) is 1. The number of benzene rings is 1. The first-order chi connectivity index (χ1) is 9.63. The van der Waals surface area contributed by atoms with Crippen LogP contribution in [0.5, 0.6) is 0 Å². The van der Waals surface area contributed by atoms with Crippen LogP contribution in [0.2, 0.25) is 0 Å². The van der Waals surface area contributed by atoms with Crippen molar-refractivity contribution in [2.45, 2.75) is 71.0 Å². The highest BCUT2D eigenvalue weighted by molar-refractivity contribution is 5.25. The molecule has 1 aliphatic rings. The van der Waals surface area contributed by atoms with Crippen molar-refractivity contribution in [2.75, 3.05) is 6.54 Å². The summed E-state index contributed by atoms with van der Waals surface area (Å²) in [5, 5.41) is 0. The summed E-state index contributed by atoms with van der Waals surface area (Å²) in [5.74, 6) is 0. The third-order valence-electron chi connectivity index (χ3n) is 4.90. The van der Waals surface area contributed by atoms with Crippen molar-refractivity contribution in [3.63, 3.8) is 0 Å². The molecule has 2 heteroatoms. The van der Waals surface area contributed by atoms with Crippen LogP contribution in [0.4, 0.5) is 0 Å². The normalized spacial score (nSPS) is 24.1. The molecule has 2 nitrogen and oxygen atoms in total.